The summed E-state index contributed by atoms with van der Waals surface area (Å²) in [5.41, 5.74) is 1.62. The Labute approximate surface area is 134 Å². The second kappa shape index (κ2) is 8.26. The van der Waals surface area contributed by atoms with E-state index in [1.807, 2.05) is 30.3 Å². The van der Waals surface area contributed by atoms with Gasteiger partial charge in [0.2, 0.25) is 0 Å². The molecule has 2 aromatic carbocycles. The molecular formula is C17H17BO5. The molecule has 0 aliphatic carbocycles. The van der Waals surface area contributed by atoms with Gasteiger partial charge in [0, 0.05) is 12.0 Å². The highest BCUT2D eigenvalue weighted by atomic mass is 16.5. The maximum Gasteiger partial charge on any atom is 0.488 e. The molecule has 0 spiro atoms. The zero-order valence-corrected chi connectivity index (χ0v) is 12.5. The summed E-state index contributed by atoms with van der Waals surface area (Å²) in [6, 6.07) is 15.3. The van der Waals surface area contributed by atoms with Crippen LogP contribution in [-0.2, 0) is 16.1 Å². The Morgan fingerprint density at radius 1 is 0.913 bits per heavy atom. The van der Waals surface area contributed by atoms with Crippen molar-refractivity contribution in [3.63, 3.8) is 0 Å². The van der Waals surface area contributed by atoms with Crippen molar-refractivity contribution in [1.29, 1.82) is 0 Å². The first-order valence-corrected chi connectivity index (χ1v) is 7.25. The van der Waals surface area contributed by atoms with Crippen molar-refractivity contribution in [1.82, 2.24) is 0 Å². The molecule has 0 unspecified atom stereocenters. The largest absolute Gasteiger partial charge is 0.488 e. The molecule has 2 N–H and O–H groups in total. The zero-order valence-electron chi connectivity index (χ0n) is 12.5. The molecule has 0 saturated heterocycles. The van der Waals surface area contributed by atoms with Gasteiger partial charge >= 0.3 is 13.1 Å². The average molecular weight is 312 g/mol. The first-order valence-electron chi connectivity index (χ1n) is 7.25. The molecule has 6 heteroatoms. The number of carbonyl (C=O) groups is 2. The number of ketones is 1. The molecule has 0 heterocycles. The van der Waals surface area contributed by atoms with Crippen LogP contribution in [0.5, 0.6) is 0 Å². The van der Waals surface area contributed by atoms with E-state index in [2.05, 4.69) is 0 Å². The fourth-order valence-corrected chi connectivity index (χ4v) is 2.01. The molecule has 0 saturated carbocycles. The van der Waals surface area contributed by atoms with Crippen molar-refractivity contribution in [2.45, 2.75) is 19.4 Å². The monoisotopic (exact) mass is 312 g/mol. The average Bonchev–Trinajstić information content (AvgIpc) is 2.58. The van der Waals surface area contributed by atoms with E-state index in [0.29, 0.717) is 11.0 Å². The summed E-state index contributed by atoms with van der Waals surface area (Å²) in [5, 5.41) is 18.0. The lowest BCUT2D eigenvalue weighted by molar-refractivity contribution is -0.144. The first-order chi connectivity index (χ1) is 11.1. The van der Waals surface area contributed by atoms with Crippen LogP contribution in [0.4, 0.5) is 0 Å². The summed E-state index contributed by atoms with van der Waals surface area (Å²) >= 11 is 0. The molecule has 0 atom stereocenters. The number of benzene rings is 2. The molecule has 0 aliphatic heterocycles. The highest BCUT2D eigenvalue weighted by Gasteiger charge is 2.13. The number of hydrogen-bond donors (Lipinski definition) is 2. The van der Waals surface area contributed by atoms with E-state index in [1.54, 1.807) is 0 Å². The van der Waals surface area contributed by atoms with Gasteiger partial charge in [-0.3, -0.25) is 9.59 Å². The Hall–Kier alpha value is -2.44. The van der Waals surface area contributed by atoms with Gasteiger partial charge in [-0.1, -0.05) is 54.6 Å². The van der Waals surface area contributed by atoms with Crippen molar-refractivity contribution >= 4 is 24.3 Å². The number of esters is 1. The first kappa shape index (κ1) is 16.9. The molecule has 0 fully saturated rings. The lowest BCUT2D eigenvalue weighted by Crippen LogP contribution is -2.29. The number of rotatable bonds is 7. The van der Waals surface area contributed by atoms with Gasteiger partial charge in [-0.15, -0.1) is 0 Å². The fourth-order valence-electron chi connectivity index (χ4n) is 2.01. The van der Waals surface area contributed by atoms with Gasteiger partial charge in [-0.2, -0.15) is 0 Å². The van der Waals surface area contributed by atoms with Crippen molar-refractivity contribution < 1.29 is 24.4 Å². The van der Waals surface area contributed by atoms with Crippen LogP contribution in [-0.4, -0.2) is 28.9 Å². The van der Waals surface area contributed by atoms with Crippen molar-refractivity contribution in [2.75, 3.05) is 0 Å². The number of ether oxygens (including phenoxy) is 1. The molecule has 0 radical (unpaired) electrons. The van der Waals surface area contributed by atoms with Crippen molar-refractivity contribution in [2.24, 2.45) is 0 Å². The SMILES string of the molecule is O=C(CCC(=O)c1ccc(B(O)O)cc1)OCc1ccccc1. The topological polar surface area (TPSA) is 83.8 Å². The van der Waals surface area contributed by atoms with Crippen LogP contribution in [0.25, 0.3) is 0 Å². The highest BCUT2D eigenvalue weighted by Crippen LogP contribution is 2.07. The second-order valence-corrected chi connectivity index (χ2v) is 5.07. The van der Waals surface area contributed by atoms with Crippen LogP contribution < -0.4 is 5.46 Å². The summed E-state index contributed by atoms with van der Waals surface area (Å²) in [6.07, 6.45) is 0.0602. The Morgan fingerprint density at radius 3 is 2.17 bits per heavy atom. The molecule has 5 nitrogen and oxygen atoms in total. The summed E-state index contributed by atoms with van der Waals surface area (Å²) in [6.45, 7) is 0.191. The lowest BCUT2D eigenvalue weighted by Gasteiger charge is -2.05. The summed E-state index contributed by atoms with van der Waals surface area (Å²) in [4.78, 5) is 23.6. The number of Topliss-reactive ketones (excluding diaryl/α,β-unsaturated/α-hetero) is 1. The van der Waals surface area contributed by atoms with Crippen molar-refractivity contribution in [3.8, 4) is 0 Å². The molecular weight excluding hydrogens is 295 g/mol. The smallest absolute Gasteiger partial charge is 0.461 e. The minimum absolute atomic E-state index is 0.00996. The van der Waals surface area contributed by atoms with E-state index in [4.69, 9.17) is 14.8 Å². The van der Waals surface area contributed by atoms with Gasteiger partial charge in [0.25, 0.3) is 0 Å². The van der Waals surface area contributed by atoms with E-state index in [0.717, 1.165) is 5.56 Å². The Morgan fingerprint density at radius 2 is 1.57 bits per heavy atom. The van der Waals surface area contributed by atoms with E-state index in [-0.39, 0.29) is 25.2 Å². The van der Waals surface area contributed by atoms with E-state index < -0.39 is 13.1 Å². The van der Waals surface area contributed by atoms with Crippen LogP contribution in [0.1, 0.15) is 28.8 Å². The predicted octanol–water partition coefficient (Wildman–Crippen LogP) is 1.07. The molecule has 0 bridgehead atoms. The maximum atomic E-state index is 12.0. The quantitative estimate of drug-likeness (QED) is 0.454. The van der Waals surface area contributed by atoms with Gasteiger partial charge in [0.15, 0.2) is 5.78 Å². The second-order valence-electron chi connectivity index (χ2n) is 5.07. The molecule has 23 heavy (non-hydrogen) atoms. The van der Waals surface area contributed by atoms with Gasteiger partial charge in [-0.25, -0.2) is 0 Å². The zero-order chi connectivity index (χ0) is 16.7. The predicted molar refractivity (Wildman–Crippen MR) is 86.1 cm³/mol. The highest BCUT2D eigenvalue weighted by molar-refractivity contribution is 6.58. The standard InChI is InChI=1S/C17H17BO5/c19-16(14-6-8-15(9-7-14)18(21)22)10-11-17(20)23-12-13-4-2-1-3-5-13/h1-9,21-22H,10-12H2. The van der Waals surface area contributed by atoms with E-state index >= 15 is 0 Å². The van der Waals surface area contributed by atoms with Crippen LogP contribution in [0.2, 0.25) is 0 Å². The fraction of sp³-hybridized carbons (Fsp3) is 0.176. The summed E-state index contributed by atoms with van der Waals surface area (Å²) in [7, 11) is -1.56. The molecule has 2 rings (SSSR count). The van der Waals surface area contributed by atoms with Gasteiger partial charge < -0.3 is 14.8 Å². The third-order valence-corrected chi connectivity index (χ3v) is 3.33. The van der Waals surface area contributed by atoms with Gasteiger partial charge in [0.1, 0.15) is 6.61 Å². The Kier molecular flexibility index (Phi) is 6.08. The van der Waals surface area contributed by atoms with Crippen LogP contribution in [0.15, 0.2) is 54.6 Å². The maximum absolute atomic E-state index is 12.0. The lowest BCUT2D eigenvalue weighted by atomic mass is 9.80. The minimum Gasteiger partial charge on any atom is -0.461 e. The third-order valence-electron chi connectivity index (χ3n) is 3.33. The Balaban J connectivity index is 1.78. The van der Waals surface area contributed by atoms with Crippen LogP contribution in [0.3, 0.4) is 0 Å². The minimum atomic E-state index is -1.56. The Bertz CT molecular complexity index is 652. The van der Waals surface area contributed by atoms with Gasteiger partial charge in [0.05, 0.1) is 6.42 Å². The normalized spacial score (nSPS) is 10.2. The van der Waals surface area contributed by atoms with Crippen molar-refractivity contribution in [3.05, 3.63) is 65.7 Å². The van der Waals surface area contributed by atoms with Crippen LogP contribution >= 0.6 is 0 Å². The van der Waals surface area contributed by atoms with Gasteiger partial charge in [-0.05, 0) is 11.0 Å². The summed E-state index contributed by atoms with van der Waals surface area (Å²) in [5.74, 6) is -0.620. The molecule has 0 amide bonds. The number of carbonyl (C=O) groups excluding carboxylic acids is 2. The summed E-state index contributed by atoms with van der Waals surface area (Å²) < 4.78 is 5.11. The third kappa shape index (κ3) is 5.36. The van der Waals surface area contributed by atoms with Crippen LogP contribution in [0, 0.1) is 0 Å². The van der Waals surface area contributed by atoms with E-state index in [1.165, 1.54) is 24.3 Å². The molecule has 118 valence electrons. The van der Waals surface area contributed by atoms with E-state index in [9.17, 15) is 9.59 Å². The molecule has 2 aromatic rings. The molecule has 0 aliphatic rings. The molecule has 0 aromatic heterocycles. The number of hydrogen-bond acceptors (Lipinski definition) is 5.